The monoisotopic (exact) mass is 337 g/mol. The van der Waals surface area contributed by atoms with Gasteiger partial charge in [-0.2, -0.15) is 0 Å². The predicted molar refractivity (Wildman–Crippen MR) is 67.3 cm³/mol. The minimum absolute atomic E-state index is 0.0369. The Morgan fingerprint density at radius 3 is 3.00 bits per heavy atom. The molecule has 3 nitrogen and oxygen atoms in total. The van der Waals surface area contributed by atoms with Crippen LogP contribution in [0.15, 0.2) is 18.2 Å². The zero-order valence-electron chi connectivity index (χ0n) is 7.87. The number of amides is 1. The van der Waals surface area contributed by atoms with E-state index in [2.05, 4.69) is 22.6 Å². The van der Waals surface area contributed by atoms with E-state index in [4.69, 9.17) is 16.3 Å². The van der Waals surface area contributed by atoms with E-state index >= 15 is 0 Å². The summed E-state index contributed by atoms with van der Waals surface area (Å²) in [5.41, 5.74) is 0.775. The van der Waals surface area contributed by atoms with Crippen molar-refractivity contribution in [3.8, 4) is 0 Å². The van der Waals surface area contributed by atoms with Gasteiger partial charge in [0, 0.05) is 10.1 Å². The first-order valence-corrected chi connectivity index (χ1v) is 5.97. The van der Waals surface area contributed by atoms with Gasteiger partial charge >= 0.3 is 0 Å². The molecule has 0 saturated carbocycles. The molecule has 1 fully saturated rings. The normalized spacial score (nSPS) is 16.9. The van der Waals surface area contributed by atoms with Gasteiger partial charge in [0.2, 0.25) is 0 Å². The molecule has 0 bridgehead atoms. The van der Waals surface area contributed by atoms with Gasteiger partial charge < -0.3 is 9.64 Å². The van der Waals surface area contributed by atoms with E-state index in [9.17, 15) is 4.79 Å². The highest BCUT2D eigenvalue weighted by molar-refractivity contribution is 14.1. The fraction of sp³-hybridized carbons (Fsp3) is 0.300. The molecule has 1 aliphatic rings. The summed E-state index contributed by atoms with van der Waals surface area (Å²) in [6.45, 7) is 1.27. The van der Waals surface area contributed by atoms with Crippen molar-refractivity contribution in [1.29, 1.82) is 0 Å². The van der Waals surface area contributed by atoms with Crippen molar-refractivity contribution >= 4 is 45.8 Å². The Morgan fingerprint density at radius 1 is 1.47 bits per heavy atom. The average Bonchev–Trinajstić information content (AvgIpc) is 2.23. The fourth-order valence-corrected chi connectivity index (χ4v) is 2.16. The lowest BCUT2D eigenvalue weighted by Crippen LogP contribution is -2.41. The van der Waals surface area contributed by atoms with Gasteiger partial charge in [-0.25, -0.2) is 0 Å². The number of anilines is 1. The van der Waals surface area contributed by atoms with Crippen LogP contribution in [0.3, 0.4) is 0 Å². The van der Waals surface area contributed by atoms with Crippen LogP contribution >= 0.6 is 34.2 Å². The third-order valence-corrected chi connectivity index (χ3v) is 3.18. The third kappa shape index (κ3) is 2.43. The minimum atomic E-state index is -0.0369. The maximum Gasteiger partial charge on any atom is 0.253 e. The molecule has 1 saturated heterocycles. The first-order valence-electron chi connectivity index (χ1n) is 4.51. The summed E-state index contributed by atoms with van der Waals surface area (Å²) in [4.78, 5) is 13.3. The molecule has 0 unspecified atom stereocenters. The van der Waals surface area contributed by atoms with Crippen LogP contribution < -0.4 is 4.90 Å². The second-order valence-corrected chi connectivity index (χ2v) is 4.85. The Bertz CT molecular complexity index is 397. The maximum atomic E-state index is 11.6. The predicted octanol–water partition coefficient (Wildman–Crippen LogP) is 2.31. The van der Waals surface area contributed by atoms with E-state index in [1.807, 2.05) is 12.1 Å². The maximum absolute atomic E-state index is 11.6. The lowest BCUT2D eigenvalue weighted by atomic mass is 10.2. The van der Waals surface area contributed by atoms with Crippen molar-refractivity contribution in [3.05, 3.63) is 26.8 Å². The number of rotatable bonds is 1. The number of morpholine rings is 1. The molecule has 0 radical (unpaired) electrons. The topological polar surface area (TPSA) is 29.5 Å². The summed E-state index contributed by atoms with van der Waals surface area (Å²) in [5, 5.41) is 0.602. The second kappa shape index (κ2) is 4.67. The van der Waals surface area contributed by atoms with Crippen molar-refractivity contribution < 1.29 is 9.53 Å². The molecule has 0 spiro atoms. The third-order valence-electron chi connectivity index (χ3n) is 2.18. The second-order valence-electron chi connectivity index (χ2n) is 3.19. The zero-order valence-corrected chi connectivity index (χ0v) is 10.8. The van der Waals surface area contributed by atoms with Gasteiger partial charge in [0.05, 0.1) is 17.3 Å². The van der Waals surface area contributed by atoms with Crippen LogP contribution in [0.25, 0.3) is 0 Å². The molecular weight excluding hydrogens is 328 g/mol. The number of hydrogen-bond donors (Lipinski definition) is 0. The molecule has 15 heavy (non-hydrogen) atoms. The van der Waals surface area contributed by atoms with Crippen molar-refractivity contribution in [3.63, 3.8) is 0 Å². The Balaban J connectivity index is 2.34. The number of nitrogens with zero attached hydrogens (tertiary/aromatic N) is 1. The molecular formula is C10H9ClINO2. The fourth-order valence-electron chi connectivity index (χ4n) is 1.47. The van der Waals surface area contributed by atoms with Crippen LogP contribution in [0.5, 0.6) is 0 Å². The molecule has 2 rings (SSSR count). The van der Waals surface area contributed by atoms with E-state index in [-0.39, 0.29) is 12.5 Å². The number of halogens is 2. The van der Waals surface area contributed by atoms with Crippen LogP contribution in [-0.4, -0.2) is 25.7 Å². The van der Waals surface area contributed by atoms with Crippen molar-refractivity contribution in [2.45, 2.75) is 0 Å². The van der Waals surface area contributed by atoms with E-state index < -0.39 is 0 Å². The standard InChI is InChI=1S/C10H9ClINO2/c11-8-2-1-7(12)5-9(8)13-3-4-15-6-10(13)14/h1-2,5H,3-4,6H2. The Kier molecular flexibility index (Phi) is 3.48. The van der Waals surface area contributed by atoms with Gasteiger partial charge in [-0.3, -0.25) is 4.79 Å². The van der Waals surface area contributed by atoms with Gasteiger partial charge in [0.25, 0.3) is 5.91 Å². The van der Waals surface area contributed by atoms with Crippen molar-refractivity contribution in [2.75, 3.05) is 24.7 Å². The summed E-state index contributed by atoms with van der Waals surface area (Å²) in [6, 6.07) is 5.63. The molecule has 80 valence electrons. The highest BCUT2D eigenvalue weighted by Gasteiger charge is 2.22. The van der Waals surface area contributed by atoms with Crippen LogP contribution in [0.2, 0.25) is 5.02 Å². The lowest BCUT2D eigenvalue weighted by Gasteiger charge is -2.27. The number of ether oxygens (including phenoxy) is 1. The van der Waals surface area contributed by atoms with Gasteiger partial charge in [0.1, 0.15) is 6.61 Å². The molecule has 1 heterocycles. The quantitative estimate of drug-likeness (QED) is 0.736. The number of carbonyl (C=O) groups is 1. The van der Waals surface area contributed by atoms with Crippen LogP contribution in [0.4, 0.5) is 5.69 Å². The van der Waals surface area contributed by atoms with Crippen LogP contribution in [0, 0.1) is 3.57 Å². The molecule has 1 aromatic rings. The molecule has 0 N–H and O–H groups in total. The summed E-state index contributed by atoms with van der Waals surface area (Å²) < 4.78 is 6.13. The number of hydrogen-bond acceptors (Lipinski definition) is 2. The van der Waals surface area contributed by atoms with Crippen LogP contribution in [0.1, 0.15) is 0 Å². The van der Waals surface area contributed by atoms with E-state index in [1.165, 1.54) is 0 Å². The van der Waals surface area contributed by atoms with E-state index in [1.54, 1.807) is 11.0 Å². The molecule has 0 aromatic heterocycles. The largest absolute Gasteiger partial charge is 0.370 e. The molecule has 1 amide bonds. The summed E-state index contributed by atoms with van der Waals surface area (Å²) >= 11 is 8.25. The molecule has 0 atom stereocenters. The van der Waals surface area contributed by atoms with E-state index in [0.29, 0.717) is 18.2 Å². The highest BCUT2D eigenvalue weighted by Crippen LogP contribution is 2.28. The summed E-state index contributed by atoms with van der Waals surface area (Å²) in [5.74, 6) is -0.0369. The SMILES string of the molecule is O=C1COCCN1c1cc(I)ccc1Cl. The highest BCUT2D eigenvalue weighted by atomic mass is 127. The molecule has 1 aromatic carbocycles. The number of benzene rings is 1. The van der Waals surface area contributed by atoms with Crippen LogP contribution in [-0.2, 0) is 9.53 Å². The smallest absolute Gasteiger partial charge is 0.253 e. The van der Waals surface area contributed by atoms with Gasteiger partial charge in [-0.1, -0.05) is 11.6 Å². The van der Waals surface area contributed by atoms with Gasteiger partial charge in [-0.15, -0.1) is 0 Å². The van der Waals surface area contributed by atoms with Gasteiger partial charge in [-0.05, 0) is 40.8 Å². The average molecular weight is 338 g/mol. The van der Waals surface area contributed by atoms with Crippen molar-refractivity contribution in [2.24, 2.45) is 0 Å². The lowest BCUT2D eigenvalue weighted by molar-refractivity contribution is -0.125. The van der Waals surface area contributed by atoms with E-state index in [0.717, 1.165) is 9.26 Å². The molecule has 1 aliphatic heterocycles. The van der Waals surface area contributed by atoms with Gasteiger partial charge in [0.15, 0.2) is 0 Å². The Morgan fingerprint density at radius 2 is 2.27 bits per heavy atom. The summed E-state index contributed by atoms with van der Waals surface area (Å²) in [7, 11) is 0. The number of carbonyl (C=O) groups excluding carboxylic acids is 1. The molecule has 5 heteroatoms. The first-order chi connectivity index (χ1) is 7.18. The van der Waals surface area contributed by atoms with Crippen molar-refractivity contribution in [1.82, 2.24) is 0 Å². The Labute approximate surface area is 106 Å². The molecule has 0 aliphatic carbocycles. The first kappa shape index (κ1) is 11.2. The zero-order chi connectivity index (χ0) is 10.8. The summed E-state index contributed by atoms with van der Waals surface area (Å²) in [6.07, 6.45) is 0. The Hall–Kier alpha value is -0.330. The minimum Gasteiger partial charge on any atom is -0.370 e.